The van der Waals surface area contributed by atoms with Crippen molar-refractivity contribution in [3.8, 4) is 17.1 Å². The molecule has 0 spiro atoms. The molecule has 0 radical (unpaired) electrons. The van der Waals surface area contributed by atoms with Crippen LogP contribution in [0.1, 0.15) is 0 Å². The first-order chi connectivity index (χ1) is 9.29. The van der Waals surface area contributed by atoms with E-state index in [9.17, 15) is 0 Å². The zero-order valence-corrected chi connectivity index (χ0v) is 11.1. The molecule has 0 aliphatic rings. The monoisotopic (exact) mass is 270 g/mol. The first kappa shape index (κ1) is 11.9. The topological polar surface area (TPSA) is 35.0 Å². The Kier molecular flexibility index (Phi) is 3.05. The Balaban J connectivity index is 2.27. The number of benzene rings is 2. The third-order valence-electron chi connectivity index (χ3n) is 2.96. The van der Waals surface area contributed by atoms with Crippen LogP contribution in [0, 0.1) is 0 Å². The fourth-order valence-electron chi connectivity index (χ4n) is 2.05. The van der Waals surface area contributed by atoms with Crippen molar-refractivity contribution < 1.29 is 4.74 Å². The third-order valence-corrected chi connectivity index (χ3v) is 3.22. The van der Waals surface area contributed by atoms with Crippen LogP contribution < -0.4 is 4.74 Å². The van der Waals surface area contributed by atoms with E-state index in [1.54, 1.807) is 7.11 Å². The maximum absolute atomic E-state index is 5.91. The quantitative estimate of drug-likeness (QED) is 0.707. The van der Waals surface area contributed by atoms with Gasteiger partial charge in [-0.1, -0.05) is 41.9 Å². The van der Waals surface area contributed by atoms with Crippen LogP contribution in [0.2, 0.25) is 5.02 Å². The van der Waals surface area contributed by atoms with Gasteiger partial charge in [-0.05, 0) is 18.2 Å². The Morgan fingerprint density at radius 2 is 1.58 bits per heavy atom. The molecule has 94 valence electrons. The summed E-state index contributed by atoms with van der Waals surface area (Å²) in [5.41, 5.74) is 1.81. The van der Waals surface area contributed by atoms with Crippen molar-refractivity contribution in [2.45, 2.75) is 0 Å². The van der Waals surface area contributed by atoms with Crippen LogP contribution >= 0.6 is 11.6 Å². The lowest BCUT2D eigenvalue weighted by atomic mass is 10.1. The number of hydrogen-bond acceptors (Lipinski definition) is 3. The second kappa shape index (κ2) is 4.86. The molecule has 0 saturated heterocycles. The highest BCUT2D eigenvalue weighted by Crippen LogP contribution is 2.30. The summed E-state index contributed by atoms with van der Waals surface area (Å²) in [5.74, 6) is 0.535. The first-order valence-corrected chi connectivity index (χ1v) is 6.23. The maximum atomic E-state index is 5.91. The van der Waals surface area contributed by atoms with Gasteiger partial charge in [0.2, 0.25) is 5.88 Å². The molecule has 2 aromatic carbocycles. The van der Waals surface area contributed by atoms with Crippen molar-refractivity contribution in [2.24, 2.45) is 0 Å². The summed E-state index contributed by atoms with van der Waals surface area (Å²) in [4.78, 5) is 0. The van der Waals surface area contributed by atoms with Crippen LogP contribution in [-0.4, -0.2) is 17.3 Å². The van der Waals surface area contributed by atoms with E-state index in [1.165, 1.54) is 0 Å². The summed E-state index contributed by atoms with van der Waals surface area (Å²) < 4.78 is 5.24. The summed E-state index contributed by atoms with van der Waals surface area (Å²) in [6.45, 7) is 0. The molecule has 0 aliphatic heterocycles. The minimum absolute atomic E-state index is 0.535. The molecule has 3 aromatic rings. The van der Waals surface area contributed by atoms with Crippen molar-refractivity contribution in [3.63, 3.8) is 0 Å². The Bertz CT molecular complexity index is 726. The van der Waals surface area contributed by atoms with Gasteiger partial charge in [0.1, 0.15) is 5.69 Å². The van der Waals surface area contributed by atoms with E-state index in [2.05, 4.69) is 10.2 Å². The second-order valence-corrected chi connectivity index (χ2v) is 4.55. The van der Waals surface area contributed by atoms with Crippen LogP contribution in [0.4, 0.5) is 0 Å². The maximum Gasteiger partial charge on any atom is 0.241 e. The summed E-state index contributed by atoms with van der Waals surface area (Å²) in [5, 5.41) is 11.0. The third kappa shape index (κ3) is 2.13. The summed E-state index contributed by atoms with van der Waals surface area (Å²) >= 11 is 5.91. The molecule has 0 fully saturated rings. The number of aromatic nitrogens is 2. The molecule has 0 aliphatic carbocycles. The number of hydrogen-bond donors (Lipinski definition) is 0. The molecule has 0 atom stereocenters. The van der Waals surface area contributed by atoms with Gasteiger partial charge in [0.05, 0.1) is 7.11 Å². The average molecular weight is 271 g/mol. The predicted octanol–water partition coefficient (Wildman–Crippen LogP) is 3.96. The highest BCUT2D eigenvalue weighted by Gasteiger charge is 2.10. The Morgan fingerprint density at radius 1 is 0.895 bits per heavy atom. The fourth-order valence-corrected chi connectivity index (χ4v) is 2.18. The van der Waals surface area contributed by atoms with E-state index in [4.69, 9.17) is 16.3 Å². The SMILES string of the molecule is COc1nnc(-c2ccc(Cl)cc2)c2ccccc12. The molecular formula is C15H11ClN2O. The molecule has 19 heavy (non-hydrogen) atoms. The predicted molar refractivity (Wildman–Crippen MR) is 76.5 cm³/mol. The molecule has 0 amide bonds. The number of nitrogens with zero attached hydrogens (tertiary/aromatic N) is 2. The number of halogens is 1. The number of rotatable bonds is 2. The molecule has 3 nitrogen and oxygen atoms in total. The van der Waals surface area contributed by atoms with Crippen molar-refractivity contribution in [1.29, 1.82) is 0 Å². The van der Waals surface area contributed by atoms with Gasteiger partial charge < -0.3 is 4.74 Å². The van der Waals surface area contributed by atoms with E-state index in [0.717, 1.165) is 22.0 Å². The smallest absolute Gasteiger partial charge is 0.241 e. The van der Waals surface area contributed by atoms with E-state index in [-0.39, 0.29) is 0 Å². The second-order valence-electron chi connectivity index (χ2n) is 4.11. The van der Waals surface area contributed by atoms with Gasteiger partial charge >= 0.3 is 0 Å². The van der Waals surface area contributed by atoms with Crippen LogP contribution in [0.5, 0.6) is 5.88 Å². The van der Waals surface area contributed by atoms with Gasteiger partial charge in [-0.3, -0.25) is 0 Å². The van der Waals surface area contributed by atoms with Crippen LogP contribution in [0.15, 0.2) is 48.5 Å². The molecule has 0 bridgehead atoms. The first-order valence-electron chi connectivity index (χ1n) is 5.85. The van der Waals surface area contributed by atoms with Gasteiger partial charge in [0, 0.05) is 21.4 Å². The zero-order valence-electron chi connectivity index (χ0n) is 10.3. The highest BCUT2D eigenvalue weighted by atomic mass is 35.5. The van der Waals surface area contributed by atoms with Gasteiger partial charge in [0.25, 0.3) is 0 Å². The Morgan fingerprint density at radius 3 is 2.26 bits per heavy atom. The molecule has 1 heterocycles. The number of ether oxygens (including phenoxy) is 1. The summed E-state index contributed by atoms with van der Waals surface area (Å²) in [6.07, 6.45) is 0. The Hall–Kier alpha value is -2.13. The summed E-state index contributed by atoms with van der Waals surface area (Å²) in [7, 11) is 1.60. The fraction of sp³-hybridized carbons (Fsp3) is 0.0667. The zero-order chi connectivity index (χ0) is 13.2. The molecule has 0 saturated carbocycles. The van der Waals surface area contributed by atoms with Gasteiger partial charge in [-0.15, -0.1) is 10.2 Å². The minimum Gasteiger partial charge on any atom is -0.479 e. The van der Waals surface area contributed by atoms with Crippen LogP contribution in [0.25, 0.3) is 22.0 Å². The normalized spacial score (nSPS) is 10.6. The minimum atomic E-state index is 0.535. The lowest BCUT2D eigenvalue weighted by Gasteiger charge is -2.08. The lowest BCUT2D eigenvalue weighted by Crippen LogP contribution is -1.95. The molecule has 4 heteroatoms. The Labute approximate surface area is 115 Å². The molecule has 3 rings (SSSR count). The summed E-state index contributed by atoms with van der Waals surface area (Å²) in [6, 6.07) is 15.5. The lowest BCUT2D eigenvalue weighted by molar-refractivity contribution is 0.398. The highest BCUT2D eigenvalue weighted by molar-refractivity contribution is 6.30. The van der Waals surface area contributed by atoms with Crippen molar-refractivity contribution in [3.05, 3.63) is 53.6 Å². The van der Waals surface area contributed by atoms with Crippen molar-refractivity contribution >= 4 is 22.4 Å². The molecule has 1 aromatic heterocycles. The van der Waals surface area contributed by atoms with Crippen LogP contribution in [0.3, 0.4) is 0 Å². The van der Waals surface area contributed by atoms with E-state index >= 15 is 0 Å². The van der Waals surface area contributed by atoms with E-state index in [1.807, 2.05) is 48.5 Å². The molecule has 0 unspecified atom stereocenters. The van der Waals surface area contributed by atoms with Gasteiger partial charge in [0.15, 0.2) is 0 Å². The largest absolute Gasteiger partial charge is 0.479 e. The number of fused-ring (bicyclic) bond motifs is 1. The van der Waals surface area contributed by atoms with Crippen LogP contribution in [-0.2, 0) is 0 Å². The van der Waals surface area contributed by atoms with Crippen molar-refractivity contribution in [2.75, 3.05) is 7.11 Å². The molecular weight excluding hydrogens is 260 g/mol. The average Bonchev–Trinajstić information content (AvgIpc) is 2.47. The standard InChI is InChI=1S/C15H11ClN2O/c1-19-15-13-5-3-2-4-12(13)14(17-18-15)10-6-8-11(16)9-7-10/h2-9H,1H3. The van der Waals surface area contributed by atoms with E-state index < -0.39 is 0 Å². The van der Waals surface area contributed by atoms with E-state index in [0.29, 0.717) is 10.9 Å². The van der Waals surface area contributed by atoms with Gasteiger partial charge in [-0.25, -0.2) is 0 Å². The van der Waals surface area contributed by atoms with Gasteiger partial charge in [-0.2, -0.15) is 0 Å². The van der Waals surface area contributed by atoms with Crippen molar-refractivity contribution in [1.82, 2.24) is 10.2 Å². The number of methoxy groups -OCH3 is 1. The molecule has 0 N–H and O–H groups in total.